The number of imide groups is 1. The second-order valence-corrected chi connectivity index (χ2v) is 11.5. The highest BCUT2D eigenvalue weighted by Gasteiger charge is 2.55. The summed E-state index contributed by atoms with van der Waals surface area (Å²) in [6.45, 7) is 8.23. The minimum Gasteiger partial charge on any atom is -0.337 e. The lowest BCUT2D eigenvalue weighted by molar-refractivity contribution is -0.134. The molecule has 2 aromatic carbocycles. The van der Waals surface area contributed by atoms with Gasteiger partial charge in [0.15, 0.2) is 0 Å². The highest BCUT2D eigenvalue weighted by atomic mass is 16.2. The number of hydrogen-bond donors (Lipinski definition) is 1. The number of urea groups is 1. The van der Waals surface area contributed by atoms with Crippen molar-refractivity contribution in [2.75, 3.05) is 6.67 Å². The summed E-state index contributed by atoms with van der Waals surface area (Å²) in [7, 11) is 0. The lowest BCUT2D eigenvalue weighted by Gasteiger charge is -2.32. The van der Waals surface area contributed by atoms with Crippen LogP contribution in [0.25, 0.3) is 10.9 Å². The molecule has 0 radical (unpaired) electrons. The van der Waals surface area contributed by atoms with Crippen LogP contribution in [0.2, 0.25) is 0 Å². The fraction of sp³-hybridized carbons (Fsp3) is 0.364. The van der Waals surface area contributed by atoms with Crippen molar-refractivity contribution in [1.82, 2.24) is 20.1 Å². The van der Waals surface area contributed by atoms with Crippen LogP contribution in [0.1, 0.15) is 56.4 Å². The second-order valence-electron chi connectivity index (χ2n) is 11.5. The highest BCUT2D eigenvalue weighted by Crippen LogP contribution is 2.39. The lowest BCUT2D eigenvalue weighted by Crippen LogP contribution is -2.44. The van der Waals surface area contributed by atoms with Gasteiger partial charge in [-0.3, -0.25) is 24.5 Å². The first-order chi connectivity index (χ1) is 19.7. The van der Waals surface area contributed by atoms with Crippen LogP contribution in [0.5, 0.6) is 0 Å². The largest absolute Gasteiger partial charge is 0.337 e. The van der Waals surface area contributed by atoms with Gasteiger partial charge in [-0.2, -0.15) is 0 Å². The summed E-state index contributed by atoms with van der Waals surface area (Å²) in [5, 5.41) is 3.79. The van der Waals surface area contributed by atoms with Crippen molar-refractivity contribution in [3.63, 3.8) is 0 Å². The fourth-order valence-corrected chi connectivity index (χ4v) is 5.73. The van der Waals surface area contributed by atoms with Crippen molar-refractivity contribution in [3.05, 3.63) is 89.1 Å². The maximum atomic E-state index is 13.7. The molecule has 0 aliphatic carbocycles. The number of nitrogens with one attached hydrogen (secondary N) is 1. The Hall–Kier alpha value is -4.33. The third kappa shape index (κ3) is 5.64. The van der Waals surface area contributed by atoms with Gasteiger partial charge in [-0.25, -0.2) is 4.79 Å². The first-order valence-corrected chi connectivity index (χ1v) is 14.2. The van der Waals surface area contributed by atoms with E-state index in [1.54, 1.807) is 17.3 Å². The molecule has 8 nitrogen and oxygen atoms in total. The Morgan fingerprint density at radius 1 is 1.07 bits per heavy atom. The normalized spacial score (nSPS) is 23.5. The SMILES string of the molecule is CC1C/C=C\C=N/CNC(=O)Cc2cc3ncc(CN4C(=O)N(C(C)C)C(=O)C4(C)c4ccccc4)cc3cc2C1. The molecule has 1 saturated heterocycles. The number of hydrogen-bond acceptors (Lipinski definition) is 5. The van der Waals surface area contributed by atoms with Crippen LogP contribution in [-0.4, -0.2) is 51.6 Å². The Labute approximate surface area is 241 Å². The van der Waals surface area contributed by atoms with Gasteiger partial charge in [0.05, 0.1) is 18.5 Å². The topological polar surface area (TPSA) is 95.0 Å². The number of rotatable bonds is 4. The van der Waals surface area contributed by atoms with E-state index in [2.05, 4.69) is 29.4 Å². The highest BCUT2D eigenvalue weighted by molar-refractivity contribution is 6.07. The monoisotopic (exact) mass is 551 g/mol. The van der Waals surface area contributed by atoms with Crippen LogP contribution in [0.4, 0.5) is 4.79 Å². The molecule has 3 heterocycles. The molecule has 2 aliphatic heterocycles. The van der Waals surface area contributed by atoms with Gasteiger partial charge in [0, 0.05) is 23.8 Å². The van der Waals surface area contributed by atoms with Gasteiger partial charge in [-0.15, -0.1) is 0 Å². The Balaban J connectivity index is 1.51. The van der Waals surface area contributed by atoms with Crippen LogP contribution in [0.15, 0.2) is 71.9 Å². The van der Waals surface area contributed by atoms with E-state index in [-0.39, 0.29) is 43.5 Å². The smallest absolute Gasteiger partial charge is 0.328 e. The molecule has 1 N–H and O–H groups in total. The molecule has 0 bridgehead atoms. The number of fused-ring (bicyclic) bond motifs is 2. The molecule has 212 valence electrons. The Bertz CT molecular complexity index is 1530. The van der Waals surface area contributed by atoms with Gasteiger partial charge in [-0.05, 0) is 86.1 Å². The average molecular weight is 552 g/mol. The molecule has 3 aromatic rings. The second kappa shape index (κ2) is 11.6. The summed E-state index contributed by atoms with van der Waals surface area (Å²) >= 11 is 0. The quantitative estimate of drug-likeness (QED) is 0.454. The molecular weight excluding hydrogens is 514 g/mol. The number of aliphatic imine (C=N–C) groups is 1. The number of benzene rings is 2. The van der Waals surface area contributed by atoms with Crippen molar-refractivity contribution in [2.45, 2.75) is 65.1 Å². The summed E-state index contributed by atoms with van der Waals surface area (Å²) in [4.78, 5) is 51.9. The van der Waals surface area contributed by atoms with Crippen molar-refractivity contribution in [2.24, 2.45) is 10.9 Å². The van der Waals surface area contributed by atoms with Crippen LogP contribution in [-0.2, 0) is 34.5 Å². The van der Waals surface area contributed by atoms with Gasteiger partial charge >= 0.3 is 6.03 Å². The number of carbonyl (C=O) groups excluding carboxylic acids is 3. The summed E-state index contributed by atoms with van der Waals surface area (Å²) in [5.41, 5.74) is 3.34. The molecular formula is C33H37N5O3. The molecule has 4 amide bonds. The maximum Gasteiger partial charge on any atom is 0.328 e. The summed E-state index contributed by atoms with van der Waals surface area (Å²) < 4.78 is 0. The molecule has 41 heavy (non-hydrogen) atoms. The molecule has 0 spiro atoms. The third-order valence-electron chi connectivity index (χ3n) is 8.02. The van der Waals surface area contributed by atoms with E-state index in [0.717, 1.165) is 46.0 Å². The molecule has 2 unspecified atom stereocenters. The van der Waals surface area contributed by atoms with Crippen LogP contribution < -0.4 is 5.32 Å². The standard InChI is InChI=1S/C33H37N5O3/c1-22(2)38-31(40)33(4,28-11-6-5-7-12-28)37(32(38)41)20-24-15-27-16-25-14-23(3)10-8-9-13-34-21-36-30(39)18-26(25)17-29(27)35-19-24/h5-9,11-13,15-17,19,22-23H,10,14,18,20-21H2,1-4H3,(H,36,39)/b9-8-,34-13-. The van der Waals surface area contributed by atoms with Gasteiger partial charge < -0.3 is 10.2 Å². The summed E-state index contributed by atoms with van der Waals surface area (Å²) in [6.07, 6.45) is 9.49. The van der Waals surface area contributed by atoms with Gasteiger partial charge in [0.2, 0.25) is 5.91 Å². The Morgan fingerprint density at radius 2 is 1.85 bits per heavy atom. The molecule has 0 saturated carbocycles. The minimum absolute atomic E-state index is 0.0811. The van der Waals surface area contributed by atoms with Gasteiger partial charge in [0.1, 0.15) is 12.2 Å². The third-order valence-corrected chi connectivity index (χ3v) is 8.02. The van der Waals surface area contributed by atoms with E-state index in [1.165, 1.54) is 4.90 Å². The zero-order valence-electron chi connectivity index (χ0n) is 24.1. The average Bonchev–Trinajstić information content (AvgIpc) is 3.14. The number of pyridine rings is 1. The molecule has 1 aromatic heterocycles. The van der Waals surface area contributed by atoms with E-state index in [9.17, 15) is 14.4 Å². The zero-order chi connectivity index (χ0) is 29.1. The van der Waals surface area contributed by atoms with Crippen molar-refractivity contribution >= 4 is 35.0 Å². The summed E-state index contributed by atoms with van der Waals surface area (Å²) in [6, 6.07) is 15.1. The number of carbonyl (C=O) groups is 3. The first kappa shape index (κ1) is 28.2. The number of allylic oxidation sites excluding steroid dienone is 2. The van der Waals surface area contributed by atoms with E-state index in [4.69, 9.17) is 4.98 Å². The molecule has 2 atom stereocenters. The predicted octanol–water partition coefficient (Wildman–Crippen LogP) is 5.15. The van der Waals surface area contributed by atoms with Gasteiger partial charge in [-0.1, -0.05) is 43.3 Å². The van der Waals surface area contributed by atoms with E-state index >= 15 is 0 Å². The van der Waals surface area contributed by atoms with E-state index in [1.807, 2.05) is 69.3 Å². The molecule has 1 fully saturated rings. The summed E-state index contributed by atoms with van der Waals surface area (Å²) in [5.74, 6) is 0.0695. The fourth-order valence-electron chi connectivity index (χ4n) is 5.73. The molecule has 5 rings (SSSR count). The van der Waals surface area contributed by atoms with Crippen LogP contribution in [0.3, 0.4) is 0 Å². The number of amides is 4. The van der Waals surface area contributed by atoms with Crippen molar-refractivity contribution in [1.29, 1.82) is 0 Å². The van der Waals surface area contributed by atoms with Crippen molar-refractivity contribution < 1.29 is 14.4 Å². The van der Waals surface area contributed by atoms with Crippen LogP contribution in [0, 0.1) is 5.92 Å². The number of nitrogens with zero attached hydrogens (tertiary/aromatic N) is 4. The molecule has 8 heteroatoms. The van der Waals surface area contributed by atoms with Gasteiger partial charge in [0.25, 0.3) is 5.91 Å². The lowest BCUT2D eigenvalue weighted by atomic mass is 9.89. The van der Waals surface area contributed by atoms with Crippen molar-refractivity contribution in [3.8, 4) is 0 Å². The first-order valence-electron chi connectivity index (χ1n) is 14.2. The zero-order valence-corrected chi connectivity index (χ0v) is 24.1. The van der Waals surface area contributed by atoms with E-state index in [0.29, 0.717) is 5.92 Å². The maximum absolute atomic E-state index is 13.7. The molecule has 2 aliphatic rings. The Kier molecular flexibility index (Phi) is 8.01. The van der Waals surface area contributed by atoms with E-state index < -0.39 is 5.54 Å². The Morgan fingerprint density at radius 3 is 2.61 bits per heavy atom. The predicted molar refractivity (Wildman–Crippen MR) is 160 cm³/mol. The minimum atomic E-state index is -1.13. The van der Waals surface area contributed by atoms with Crippen LogP contribution >= 0.6 is 0 Å². The number of aromatic nitrogens is 1.